The number of halogens is 1. The summed E-state index contributed by atoms with van der Waals surface area (Å²) in [4.78, 5) is 16.4. The molecule has 1 aromatic heterocycles. The summed E-state index contributed by atoms with van der Waals surface area (Å²) in [6, 6.07) is 5.26. The van der Waals surface area contributed by atoms with Gasteiger partial charge in [-0.15, -0.1) is 11.3 Å². The van der Waals surface area contributed by atoms with Gasteiger partial charge < -0.3 is 14.8 Å². The van der Waals surface area contributed by atoms with E-state index in [9.17, 15) is 4.79 Å². The molecule has 0 bridgehead atoms. The van der Waals surface area contributed by atoms with Crippen LogP contribution in [-0.2, 0) is 0 Å². The molecule has 0 saturated carbocycles. The Morgan fingerprint density at radius 2 is 2.22 bits per heavy atom. The molecule has 1 aliphatic rings. The Morgan fingerprint density at radius 3 is 3.00 bits per heavy atom. The Balaban J connectivity index is 1.78. The SMILES string of the molecule is O=C(Nc1ccc2c(c1)OCO2)c1cnc(Br)s1. The lowest BCUT2D eigenvalue weighted by Gasteiger charge is -2.04. The van der Waals surface area contributed by atoms with Crippen molar-refractivity contribution in [1.29, 1.82) is 0 Å². The van der Waals surface area contributed by atoms with Crippen molar-refractivity contribution >= 4 is 38.9 Å². The zero-order valence-electron chi connectivity index (χ0n) is 8.97. The number of rotatable bonds is 2. The summed E-state index contributed by atoms with van der Waals surface area (Å²) in [5, 5.41) is 2.78. The Bertz CT molecular complexity index is 614. The number of hydrogen-bond donors (Lipinski definition) is 1. The van der Waals surface area contributed by atoms with Crippen LogP contribution >= 0.6 is 27.3 Å². The molecule has 0 unspecified atom stereocenters. The number of carbonyl (C=O) groups is 1. The fourth-order valence-electron chi connectivity index (χ4n) is 1.52. The van der Waals surface area contributed by atoms with Crippen LogP contribution in [0.2, 0.25) is 0 Å². The molecule has 2 heterocycles. The first-order chi connectivity index (χ1) is 8.72. The van der Waals surface area contributed by atoms with Gasteiger partial charge in [-0.05, 0) is 28.1 Å². The van der Waals surface area contributed by atoms with Gasteiger partial charge in [0.25, 0.3) is 5.91 Å². The van der Waals surface area contributed by atoms with Crippen molar-refractivity contribution < 1.29 is 14.3 Å². The van der Waals surface area contributed by atoms with E-state index >= 15 is 0 Å². The van der Waals surface area contributed by atoms with Crippen molar-refractivity contribution in [2.75, 3.05) is 12.1 Å². The van der Waals surface area contributed by atoms with E-state index in [1.807, 2.05) is 0 Å². The summed E-state index contributed by atoms with van der Waals surface area (Å²) in [5.41, 5.74) is 0.661. The van der Waals surface area contributed by atoms with Crippen LogP contribution in [0.1, 0.15) is 9.67 Å². The molecule has 92 valence electrons. The molecule has 3 rings (SSSR count). The maximum atomic E-state index is 11.9. The third kappa shape index (κ3) is 2.19. The van der Waals surface area contributed by atoms with E-state index in [1.54, 1.807) is 18.2 Å². The van der Waals surface area contributed by atoms with E-state index in [0.717, 1.165) is 0 Å². The summed E-state index contributed by atoms with van der Waals surface area (Å²) < 4.78 is 11.1. The van der Waals surface area contributed by atoms with Crippen molar-refractivity contribution in [2.45, 2.75) is 0 Å². The number of hydrogen-bond acceptors (Lipinski definition) is 5. The largest absolute Gasteiger partial charge is 0.454 e. The van der Waals surface area contributed by atoms with Crippen molar-refractivity contribution in [3.05, 3.63) is 33.2 Å². The molecule has 18 heavy (non-hydrogen) atoms. The van der Waals surface area contributed by atoms with Crippen LogP contribution in [0.4, 0.5) is 5.69 Å². The Labute approximate surface area is 115 Å². The normalized spacial score (nSPS) is 12.5. The van der Waals surface area contributed by atoms with Crippen LogP contribution in [0.5, 0.6) is 11.5 Å². The molecular formula is C11H7BrN2O3S. The molecular weight excluding hydrogens is 320 g/mol. The van der Waals surface area contributed by atoms with Crippen LogP contribution in [0.3, 0.4) is 0 Å². The number of nitrogens with one attached hydrogen (secondary N) is 1. The fraction of sp³-hybridized carbons (Fsp3) is 0.0909. The summed E-state index contributed by atoms with van der Waals surface area (Å²) in [7, 11) is 0. The van der Waals surface area contributed by atoms with Gasteiger partial charge in [-0.1, -0.05) is 0 Å². The van der Waals surface area contributed by atoms with E-state index in [4.69, 9.17) is 9.47 Å². The number of fused-ring (bicyclic) bond motifs is 1. The fourth-order valence-corrected chi connectivity index (χ4v) is 2.69. The monoisotopic (exact) mass is 326 g/mol. The predicted molar refractivity (Wildman–Crippen MR) is 70.3 cm³/mol. The summed E-state index contributed by atoms with van der Waals surface area (Å²) in [6.07, 6.45) is 1.52. The highest BCUT2D eigenvalue weighted by molar-refractivity contribution is 9.11. The molecule has 7 heteroatoms. The van der Waals surface area contributed by atoms with Gasteiger partial charge in [0.1, 0.15) is 4.88 Å². The third-order valence-corrected chi connectivity index (χ3v) is 3.81. The highest BCUT2D eigenvalue weighted by Crippen LogP contribution is 2.34. The average Bonchev–Trinajstić information content (AvgIpc) is 2.96. The number of anilines is 1. The van der Waals surface area contributed by atoms with E-state index in [2.05, 4.69) is 26.2 Å². The highest BCUT2D eigenvalue weighted by atomic mass is 79.9. The summed E-state index contributed by atoms with van der Waals surface area (Å²) in [5.74, 6) is 1.13. The quantitative estimate of drug-likeness (QED) is 0.921. The van der Waals surface area contributed by atoms with Gasteiger partial charge in [-0.2, -0.15) is 0 Å². The number of amides is 1. The van der Waals surface area contributed by atoms with Gasteiger partial charge in [0.2, 0.25) is 6.79 Å². The van der Waals surface area contributed by atoms with E-state index < -0.39 is 0 Å². The first-order valence-corrected chi connectivity index (χ1v) is 6.65. The van der Waals surface area contributed by atoms with Crippen molar-refractivity contribution in [3.63, 3.8) is 0 Å². The molecule has 0 radical (unpaired) electrons. The number of benzene rings is 1. The van der Waals surface area contributed by atoms with Gasteiger partial charge in [0.05, 0.1) is 6.20 Å². The van der Waals surface area contributed by atoms with Crippen molar-refractivity contribution in [2.24, 2.45) is 0 Å². The van der Waals surface area contributed by atoms with Crippen LogP contribution in [0.25, 0.3) is 0 Å². The molecule has 1 aliphatic heterocycles. The van der Waals surface area contributed by atoms with Crippen LogP contribution < -0.4 is 14.8 Å². The van der Waals surface area contributed by atoms with Crippen LogP contribution in [0, 0.1) is 0 Å². The molecule has 0 aliphatic carbocycles. The number of carbonyl (C=O) groups excluding carboxylic acids is 1. The maximum absolute atomic E-state index is 11.9. The van der Waals surface area contributed by atoms with Gasteiger partial charge in [-0.25, -0.2) is 4.98 Å². The van der Waals surface area contributed by atoms with Gasteiger partial charge in [-0.3, -0.25) is 4.79 Å². The maximum Gasteiger partial charge on any atom is 0.267 e. The zero-order chi connectivity index (χ0) is 12.5. The molecule has 1 amide bonds. The standard InChI is InChI=1S/C11H7BrN2O3S/c12-11-13-4-9(18-11)10(15)14-6-1-2-7-8(3-6)17-5-16-7/h1-4H,5H2,(H,14,15). The molecule has 1 aromatic carbocycles. The second-order valence-corrected chi connectivity index (χ2v) is 5.81. The van der Waals surface area contributed by atoms with E-state index in [1.165, 1.54) is 17.5 Å². The lowest BCUT2D eigenvalue weighted by Crippen LogP contribution is -2.09. The first-order valence-electron chi connectivity index (χ1n) is 5.05. The number of ether oxygens (including phenoxy) is 2. The second kappa shape index (κ2) is 4.58. The van der Waals surface area contributed by atoms with E-state index in [-0.39, 0.29) is 12.7 Å². The van der Waals surface area contributed by atoms with Crippen molar-refractivity contribution in [3.8, 4) is 11.5 Å². The minimum atomic E-state index is -0.197. The third-order valence-electron chi connectivity index (χ3n) is 2.33. The lowest BCUT2D eigenvalue weighted by atomic mass is 10.2. The Hall–Kier alpha value is -1.60. The number of aromatic nitrogens is 1. The van der Waals surface area contributed by atoms with Crippen LogP contribution in [-0.4, -0.2) is 17.7 Å². The number of nitrogens with zero attached hydrogens (tertiary/aromatic N) is 1. The molecule has 0 saturated heterocycles. The predicted octanol–water partition coefficient (Wildman–Crippen LogP) is 2.89. The number of thiazole rings is 1. The summed E-state index contributed by atoms with van der Waals surface area (Å²) in [6.45, 7) is 0.217. The first kappa shape index (κ1) is 11.5. The molecule has 2 aromatic rings. The molecule has 0 atom stereocenters. The molecule has 1 N–H and O–H groups in total. The van der Waals surface area contributed by atoms with Gasteiger partial charge in [0.15, 0.2) is 15.4 Å². The van der Waals surface area contributed by atoms with Gasteiger partial charge in [0, 0.05) is 11.8 Å². The molecule has 0 fully saturated rings. The van der Waals surface area contributed by atoms with E-state index in [0.29, 0.717) is 26.0 Å². The smallest absolute Gasteiger partial charge is 0.267 e. The topological polar surface area (TPSA) is 60.5 Å². The minimum absolute atomic E-state index is 0.197. The average molecular weight is 327 g/mol. The lowest BCUT2D eigenvalue weighted by molar-refractivity contribution is 0.103. The minimum Gasteiger partial charge on any atom is -0.454 e. The van der Waals surface area contributed by atoms with Gasteiger partial charge >= 0.3 is 0 Å². The Kier molecular flexibility index (Phi) is 2.92. The summed E-state index contributed by atoms with van der Waals surface area (Å²) >= 11 is 4.50. The highest BCUT2D eigenvalue weighted by Gasteiger charge is 2.15. The Morgan fingerprint density at radius 1 is 1.39 bits per heavy atom. The molecule has 5 nitrogen and oxygen atoms in total. The van der Waals surface area contributed by atoms with Crippen LogP contribution in [0.15, 0.2) is 28.3 Å². The second-order valence-electron chi connectivity index (χ2n) is 3.50. The zero-order valence-corrected chi connectivity index (χ0v) is 11.4. The van der Waals surface area contributed by atoms with Crippen molar-refractivity contribution in [1.82, 2.24) is 4.98 Å². The molecule has 0 spiro atoms.